The highest BCUT2D eigenvalue weighted by molar-refractivity contribution is 6.31. The minimum atomic E-state index is -4.53. The number of halogens is 5. The van der Waals surface area contributed by atoms with Gasteiger partial charge in [-0.2, -0.15) is 13.2 Å². The molecule has 3 aromatic carbocycles. The molecule has 1 aliphatic rings. The smallest absolute Gasteiger partial charge is 0.410 e. The van der Waals surface area contributed by atoms with Crippen LogP contribution in [-0.2, 0) is 41.4 Å². The Morgan fingerprint density at radius 2 is 1.71 bits per heavy atom. The highest BCUT2D eigenvalue weighted by Gasteiger charge is 2.37. The number of ether oxygens (including phenoxy) is 4. The summed E-state index contributed by atoms with van der Waals surface area (Å²) in [6.07, 6.45) is -8.95. The molecule has 1 N–H and O–H groups in total. The molecule has 304 valence electrons. The number of nitrogens with zero attached hydrogens (tertiary/aromatic N) is 1. The van der Waals surface area contributed by atoms with Crippen LogP contribution >= 0.6 is 11.6 Å². The van der Waals surface area contributed by atoms with Crippen molar-refractivity contribution < 1.29 is 55.7 Å². The van der Waals surface area contributed by atoms with Gasteiger partial charge in [0, 0.05) is 17.4 Å². The molecule has 1 heterocycles. The molecule has 0 saturated carbocycles. The van der Waals surface area contributed by atoms with E-state index in [1.54, 1.807) is 32.9 Å². The van der Waals surface area contributed by atoms with Gasteiger partial charge in [0.15, 0.2) is 5.78 Å². The first-order chi connectivity index (χ1) is 26.3. The standard InChI is InChI=1S/C41H47ClF4N2O8/c1-25-14-15-28(20-32(25)42)36(26-10-7-6-8-11-26)37(47-38(51)53-5)34(49)21-27-12-9-13-33(43)31(27)17-16-30-22-48(39(52)56-40(2,3)4)29(23-54-30)24-55-35(50)18-19-41(44,45)46/h6-15,20,29-30,36-37H,16-19,21-24H2,1-5H3,(H,47,51)/t29-,30+,36+,37+/m0/s1. The third-order valence-corrected chi connectivity index (χ3v) is 9.60. The van der Waals surface area contributed by atoms with E-state index in [4.69, 9.17) is 30.5 Å². The Balaban J connectivity index is 1.55. The first-order valence-corrected chi connectivity index (χ1v) is 18.5. The number of hydrogen-bond acceptors (Lipinski definition) is 8. The topological polar surface area (TPSA) is 120 Å². The lowest BCUT2D eigenvalue weighted by Crippen LogP contribution is -2.55. The number of carbonyl (C=O) groups is 4. The summed E-state index contributed by atoms with van der Waals surface area (Å²) in [5.74, 6) is -2.76. The molecule has 4 atom stereocenters. The molecule has 0 unspecified atom stereocenters. The van der Waals surface area contributed by atoms with Crippen LogP contribution in [0.4, 0.5) is 27.2 Å². The number of aryl methyl sites for hydroxylation is 1. The molecule has 0 bridgehead atoms. The lowest BCUT2D eigenvalue weighted by molar-refractivity contribution is -0.160. The average molecular weight is 807 g/mol. The van der Waals surface area contributed by atoms with Gasteiger partial charge in [0.05, 0.1) is 45.2 Å². The van der Waals surface area contributed by atoms with Crippen LogP contribution < -0.4 is 5.32 Å². The molecule has 2 amide bonds. The van der Waals surface area contributed by atoms with Gasteiger partial charge in [0.2, 0.25) is 0 Å². The molecule has 3 aromatic rings. The number of morpholine rings is 1. The number of nitrogens with one attached hydrogen (secondary N) is 1. The number of ketones is 1. The maximum Gasteiger partial charge on any atom is 0.410 e. The maximum atomic E-state index is 15.6. The van der Waals surface area contributed by atoms with Crippen molar-refractivity contribution in [1.29, 1.82) is 0 Å². The molecule has 56 heavy (non-hydrogen) atoms. The molecule has 0 aromatic heterocycles. The van der Waals surface area contributed by atoms with Gasteiger partial charge in [-0.25, -0.2) is 14.0 Å². The molecule has 0 radical (unpaired) electrons. The Bertz CT molecular complexity index is 1840. The third-order valence-electron chi connectivity index (χ3n) is 9.19. The zero-order valence-electron chi connectivity index (χ0n) is 31.9. The second-order valence-electron chi connectivity index (χ2n) is 14.6. The average Bonchev–Trinajstić information content (AvgIpc) is 3.13. The van der Waals surface area contributed by atoms with E-state index in [9.17, 15) is 32.3 Å². The van der Waals surface area contributed by atoms with Gasteiger partial charge in [0.25, 0.3) is 0 Å². The number of alkyl carbamates (subject to hydrolysis) is 1. The summed E-state index contributed by atoms with van der Waals surface area (Å²) in [6, 6.07) is 16.9. The second-order valence-corrected chi connectivity index (χ2v) is 15.0. The van der Waals surface area contributed by atoms with Gasteiger partial charge in [-0.05, 0) is 80.5 Å². The number of esters is 1. The van der Waals surface area contributed by atoms with Gasteiger partial charge in [0.1, 0.15) is 24.1 Å². The van der Waals surface area contributed by atoms with Crippen molar-refractivity contribution >= 4 is 35.5 Å². The molecule has 0 aliphatic carbocycles. The Morgan fingerprint density at radius 3 is 2.36 bits per heavy atom. The predicted molar refractivity (Wildman–Crippen MR) is 200 cm³/mol. The first kappa shape index (κ1) is 44.0. The Hall–Kier alpha value is -4.69. The second kappa shape index (κ2) is 19.4. The quantitative estimate of drug-likeness (QED) is 0.0983. The van der Waals surface area contributed by atoms with Crippen molar-refractivity contribution in [3.05, 3.63) is 105 Å². The maximum absolute atomic E-state index is 15.6. The van der Waals surface area contributed by atoms with Crippen LogP contribution in [0.15, 0.2) is 66.7 Å². The lowest BCUT2D eigenvalue weighted by atomic mass is 9.81. The van der Waals surface area contributed by atoms with Crippen molar-refractivity contribution in [2.75, 3.05) is 26.9 Å². The predicted octanol–water partition coefficient (Wildman–Crippen LogP) is 8.28. The summed E-state index contributed by atoms with van der Waals surface area (Å²) in [5, 5.41) is 3.18. The minimum Gasteiger partial charge on any atom is -0.463 e. The fourth-order valence-corrected chi connectivity index (χ4v) is 6.54. The molecular weight excluding hydrogens is 760 g/mol. The summed E-state index contributed by atoms with van der Waals surface area (Å²) in [5.41, 5.74) is 1.94. The van der Waals surface area contributed by atoms with Crippen LogP contribution in [0.25, 0.3) is 0 Å². The van der Waals surface area contributed by atoms with Crippen molar-refractivity contribution in [3.63, 3.8) is 0 Å². The Labute approximate surface area is 328 Å². The van der Waals surface area contributed by atoms with Crippen LogP contribution in [0, 0.1) is 12.7 Å². The van der Waals surface area contributed by atoms with E-state index < -0.39 is 85.1 Å². The Morgan fingerprint density at radius 1 is 1.00 bits per heavy atom. The number of alkyl halides is 3. The third kappa shape index (κ3) is 12.9. The highest BCUT2D eigenvalue weighted by Crippen LogP contribution is 2.33. The number of rotatable bonds is 14. The van der Waals surface area contributed by atoms with E-state index in [1.165, 1.54) is 24.1 Å². The number of benzene rings is 3. The molecule has 10 nitrogen and oxygen atoms in total. The van der Waals surface area contributed by atoms with Gasteiger partial charge in [-0.1, -0.05) is 66.2 Å². The van der Waals surface area contributed by atoms with E-state index in [1.807, 2.05) is 49.4 Å². The minimum absolute atomic E-state index is 0.0502. The number of amides is 2. The van der Waals surface area contributed by atoms with E-state index in [0.717, 1.165) is 11.1 Å². The fraction of sp³-hybridized carbons (Fsp3) is 0.463. The molecular formula is C41H47ClF4N2O8. The zero-order chi connectivity index (χ0) is 41.2. The van der Waals surface area contributed by atoms with E-state index in [0.29, 0.717) is 16.1 Å². The van der Waals surface area contributed by atoms with Crippen molar-refractivity contribution in [3.8, 4) is 0 Å². The van der Waals surface area contributed by atoms with Crippen molar-refractivity contribution in [2.24, 2.45) is 0 Å². The number of hydrogen-bond donors (Lipinski definition) is 1. The van der Waals surface area contributed by atoms with Gasteiger partial charge in [-0.3, -0.25) is 14.5 Å². The number of carbonyl (C=O) groups excluding carboxylic acids is 4. The SMILES string of the molecule is COC(=O)N[C@H](C(=O)Cc1cccc(F)c1CC[C@@H]1CN(C(=O)OC(C)(C)C)[C@H](COC(=O)CCC(F)(F)F)CO1)[C@H](c1ccccc1)c1ccc(C)c(Cl)c1. The first-order valence-electron chi connectivity index (χ1n) is 18.1. The number of methoxy groups -OCH3 is 1. The van der Waals surface area contributed by atoms with E-state index in [-0.39, 0.29) is 38.0 Å². The van der Waals surface area contributed by atoms with Crippen LogP contribution in [0.5, 0.6) is 0 Å². The van der Waals surface area contributed by atoms with E-state index in [2.05, 4.69) is 5.32 Å². The molecule has 1 saturated heterocycles. The monoisotopic (exact) mass is 806 g/mol. The zero-order valence-corrected chi connectivity index (χ0v) is 32.7. The number of Topliss-reactive ketones (excluding diaryl/α,β-unsaturated/α-hetero) is 1. The van der Waals surface area contributed by atoms with Crippen LogP contribution in [-0.4, -0.2) is 85.7 Å². The van der Waals surface area contributed by atoms with Crippen LogP contribution in [0.3, 0.4) is 0 Å². The summed E-state index contributed by atoms with van der Waals surface area (Å²) in [7, 11) is 1.19. The van der Waals surface area contributed by atoms with Crippen molar-refractivity contribution in [2.45, 2.75) is 95.7 Å². The molecule has 1 fully saturated rings. The van der Waals surface area contributed by atoms with Crippen molar-refractivity contribution in [1.82, 2.24) is 10.2 Å². The normalized spacial score (nSPS) is 17.1. The van der Waals surface area contributed by atoms with Gasteiger partial charge >= 0.3 is 24.3 Å². The van der Waals surface area contributed by atoms with E-state index >= 15 is 4.39 Å². The summed E-state index contributed by atoms with van der Waals surface area (Å²) >= 11 is 6.51. The Kier molecular flexibility index (Phi) is 15.3. The van der Waals surface area contributed by atoms with Gasteiger partial charge in [-0.15, -0.1) is 0 Å². The molecule has 0 spiro atoms. The molecule has 1 aliphatic heterocycles. The van der Waals surface area contributed by atoms with Crippen LogP contribution in [0.2, 0.25) is 5.02 Å². The highest BCUT2D eigenvalue weighted by atomic mass is 35.5. The fourth-order valence-electron chi connectivity index (χ4n) is 6.35. The summed E-state index contributed by atoms with van der Waals surface area (Å²) in [6.45, 7) is 6.24. The lowest BCUT2D eigenvalue weighted by Gasteiger charge is -2.40. The van der Waals surface area contributed by atoms with Crippen LogP contribution in [0.1, 0.15) is 73.8 Å². The van der Waals surface area contributed by atoms with Gasteiger partial charge < -0.3 is 24.3 Å². The summed E-state index contributed by atoms with van der Waals surface area (Å²) < 4.78 is 74.9. The molecule has 4 rings (SSSR count). The molecule has 15 heteroatoms. The largest absolute Gasteiger partial charge is 0.463 e. The summed E-state index contributed by atoms with van der Waals surface area (Å²) in [4.78, 5) is 53.6.